The molecule has 0 aromatic carbocycles. The lowest BCUT2D eigenvalue weighted by atomic mass is 10.2. The van der Waals surface area contributed by atoms with E-state index in [2.05, 4.69) is 39.2 Å². The lowest BCUT2D eigenvalue weighted by Crippen LogP contribution is -2.44. The molecular weight excluding hydrogens is 270 g/mol. The normalized spacial score (nSPS) is 15.1. The molecule has 0 saturated heterocycles. The van der Waals surface area contributed by atoms with E-state index in [9.17, 15) is 4.79 Å². The molecule has 120 valence electrons. The van der Waals surface area contributed by atoms with Crippen LogP contribution in [0.4, 0.5) is 0 Å². The third-order valence-electron chi connectivity index (χ3n) is 3.58. The van der Waals surface area contributed by atoms with Gasteiger partial charge in [-0.05, 0) is 45.8 Å². The third-order valence-corrected chi connectivity index (χ3v) is 8.12. The summed E-state index contributed by atoms with van der Waals surface area (Å²) in [4.78, 5) is 11.8. The first-order valence-electron chi connectivity index (χ1n) is 7.36. The number of hydrogen-bond acceptors (Lipinski definition) is 4. The number of nitrogens with one attached hydrogen (secondary N) is 1. The number of rotatable bonds is 6. The highest BCUT2D eigenvalue weighted by molar-refractivity contribution is 6.74. The molecule has 0 unspecified atom stereocenters. The number of carbonyl (C=O) groups is 1. The average molecular weight is 304 g/mol. The highest BCUT2D eigenvalue weighted by Crippen LogP contribution is 2.36. The molecule has 0 aromatic rings. The predicted octanol–water partition coefficient (Wildman–Crippen LogP) is 3.33. The van der Waals surface area contributed by atoms with Gasteiger partial charge in [0.1, 0.15) is 11.6 Å². The quantitative estimate of drug-likeness (QED) is 0.464. The molecule has 0 aliphatic carbocycles. The summed E-state index contributed by atoms with van der Waals surface area (Å²) in [5, 5.41) is 3.36. The van der Waals surface area contributed by atoms with Gasteiger partial charge in [-0.15, -0.1) is 0 Å². The third kappa shape index (κ3) is 7.41. The Morgan fingerprint density at radius 1 is 1.15 bits per heavy atom. The second-order valence-electron chi connectivity index (χ2n) is 7.82. The Labute approximate surface area is 125 Å². The Morgan fingerprint density at radius 2 is 1.65 bits per heavy atom. The van der Waals surface area contributed by atoms with E-state index in [4.69, 9.17) is 9.16 Å². The summed E-state index contributed by atoms with van der Waals surface area (Å²) in [5.74, 6) is -0.218. The Kier molecular flexibility index (Phi) is 6.91. The van der Waals surface area contributed by atoms with E-state index in [0.29, 0.717) is 13.2 Å². The fraction of sp³-hybridized carbons (Fsp3) is 0.933. The van der Waals surface area contributed by atoms with E-state index in [0.717, 1.165) is 0 Å². The molecule has 0 aromatic heterocycles. The van der Waals surface area contributed by atoms with Crippen LogP contribution in [0.3, 0.4) is 0 Å². The van der Waals surface area contributed by atoms with Crippen molar-refractivity contribution in [2.45, 2.75) is 78.2 Å². The minimum atomic E-state index is -1.70. The Morgan fingerprint density at radius 3 is 2.05 bits per heavy atom. The molecule has 0 aliphatic rings. The van der Waals surface area contributed by atoms with Crippen molar-refractivity contribution in [1.82, 2.24) is 5.32 Å². The smallest absolute Gasteiger partial charge is 0.323 e. The molecule has 0 spiro atoms. The van der Waals surface area contributed by atoms with Crippen molar-refractivity contribution in [2.75, 3.05) is 13.2 Å². The fourth-order valence-electron chi connectivity index (χ4n) is 1.27. The van der Waals surface area contributed by atoms with Gasteiger partial charge in [-0.2, -0.15) is 0 Å². The van der Waals surface area contributed by atoms with Crippen molar-refractivity contribution < 1.29 is 14.0 Å². The monoisotopic (exact) mass is 303 g/mol. The van der Waals surface area contributed by atoms with Crippen LogP contribution in [0.25, 0.3) is 0 Å². The van der Waals surface area contributed by atoms with Crippen LogP contribution in [-0.4, -0.2) is 39.1 Å². The van der Waals surface area contributed by atoms with Crippen molar-refractivity contribution in [2.24, 2.45) is 0 Å². The van der Waals surface area contributed by atoms with E-state index in [-0.39, 0.29) is 17.0 Å². The van der Waals surface area contributed by atoms with Crippen molar-refractivity contribution in [3.05, 3.63) is 0 Å². The van der Waals surface area contributed by atoms with E-state index in [1.54, 1.807) is 0 Å². The summed E-state index contributed by atoms with van der Waals surface area (Å²) in [7, 11) is -1.70. The van der Waals surface area contributed by atoms with Crippen molar-refractivity contribution >= 4 is 14.3 Å². The van der Waals surface area contributed by atoms with Gasteiger partial charge < -0.3 is 14.5 Å². The molecule has 0 aliphatic heterocycles. The number of ether oxygens (including phenoxy) is 1. The average Bonchev–Trinajstić information content (AvgIpc) is 2.19. The van der Waals surface area contributed by atoms with Crippen LogP contribution in [0.2, 0.25) is 18.1 Å². The first kappa shape index (κ1) is 19.6. The van der Waals surface area contributed by atoms with Crippen LogP contribution in [-0.2, 0) is 14.0 Å². The van der Waals surface area contributed by atoms with Crippen LogP contribution in [0.1, 0.15) is 48.5 Å². The maximum atomic E-state index is 11.8. The molecule has 0 fully saturated rings. The Bertz CT molecular complexity index is 316. The first-order valence-corrected chi connectivity index (χ1v) is 10.3. The Balaban J connectivity index is 4.05. The predicted molar refractivity (Wildman–Crippen MR) is 86.5 cm³/mol. The Hall–Kier alpha value is -0.393. The molecular formula is C15H33NO3Si. The summed E-state index contributed by atoms with van der Waals surface area (Å²) in [6.45, 7) is 19.8. The zero-order valence-corrected chi connectivity index (χ0v) is 15.7. The minimum Gasteiger partial charge on any atom is -0.459 e. The molecule has 0 radical (unpaired) electrons. The molecule has 4 nitrogen and oxygen atoms in total. The van der Waals surface area contributed by atoms with Gasteiger partial charge in [-0.25, -0.2) is 0 Å². The summed E-state index contributed by atoms with van der Waals surface area (Å²) in [6, 6.07) is -0.308. The van der Waals surface area contributed by atoms with Crippen LogP contribution in [0, 0.1) is 0 Å². The number of hydrogen-bond donors (Lipinski definition) is 1. The van der Waals surface area contributed by atoms with Crippen molar-refractivity contribution in [3.63, 3.8) is 0 Å². The van der Waals surface area contributed by atoms with Crippen molar-refractivity contribution in [3.8, 4) is 0 Å². The molecule has 1 N–H and O–H groups in total. The minimum absolute atomic E-state index is 0.212. The lowest BCUT2D eigenvalue weighted by molar-refractivity contribution is -0.156. The van der Waals surface area contributed by atoms with Gasteiger partial charge in [-0.3, -0.25) is 4.79 Å². The van der Waals surface area contributed by atoms with E-state index in [1.165, 1.54) is 0 Å². The molecule has 5 heteroatoms. The second kappa shape index (κ2) is 7.05. The van der Waals surface area contributed by atoms with E-state index in [1.807, 2.05) is 27.7 Å². The molecule has 1 atom stereocenters. The molecule has 0 heterocycles. The lowest BCUT2D eigenvalue weighted by Gasteiger charge is -2.36. The van der Waals surface area contributed by atoms with Gasteiger partial charge in [0.15, 0.2) is 8.32 Å². The summed E-state index contributed by atoms with van der Waals surface area (Å²) in [6.07, 6.45) is 0. The van der Waals surface area contributed by atoms with Crippen LogP contribution >= 0.6 is 0 Å². The highest BCUT2D eigenvalue weighted by atomic mass is 28.4. The molecule has 0 bridgehead atoms. The van der Waals surface area contributed by atoms with Crippen molar-refractivity contribution in [1.29, 1.82) is 0 Å². The van der Waals surface area contributed by atoms with Crippen LogP contribution < -0.4 is 5.32 Å². The fourth-order valence-corrected chi connectivity index (χ4v) is 2.32. The van der Waals surface area contributed by atoms with Crippen LogP contribution in [0.5, 0.6) is 0 Å². The topological polar surface area (TPSA) is 47.6 Å². The zero-order valence-electron chi connectivity index (χ0n) is 14.7. The van der Waals surface area contributed by atoms with Gasteiger partial charge in [0.2, 0.25) is 0 Å². The number of esters is 1. The summed E-state index contributed by atoms with van der Waals surface area (Å²) < 4.78 is 11.4. The first-order chi connectivity index (χ1) is 8.76. The van der Waals surface area contributed by atoms with Crippen LogP contribution in [0.15, 0.2) is 0 Å². The second-order valence-corrected chi connectivity index (χ2v) is 12.6. The van der Waals surface area contributed by atoms with Gasteiger partial charge in [0.25, 0.3) is 0 Å². The van der Waals surface area contributed by atoms with E-state index < -0.39 is 13.9 Å². The van der Waals surface area contributed by atoms with Gasteiger partial charge in [0, 0.05) is 13.2 Å². The molecule has 0 rings (SSSR count). The molecule has 0 amide bonds. The zero-order chi connectivity index (χ0) is 16.2. The van der Waals surface area contributed by atoms with E-state index >= 15 is 0 Å². The molecule has 20 heavy (non-hydrogen) atoms. The molecule has 0 saturated carbocycles. The van der Waals surface area contributed by atoms with Gasteiger partial charge in [0.05, 0.1) is 0 Å². The maximum Gasteiger partial charge on any atom is 0.323 e. The highest BCUT2D eigenvalue weighted by Gasteiger charge is 2.36. The SMILES string of the molecule is C[C@H](NCCO[Si](C)(C)C(C)(C)C)C(=O)OC(C)(C)C. The van der Waals surface area contributed by atoms with Gasteiger partial charge >= 0.3 is 5.97 Å². The standard InChI is InChI=1S/C15H33NO3Si/c1-12(13(17)19-14(2,3)4)16-10-11-18-20(8,9)15(5,6)7/h12,16H,10-11H2,1-9H3/t12-/m0/s1. The summed E-state index contributed by atoms with van der Waals surface area (Å²) in [5.41, 5.74) is -0.440. The summed E-state index contributed by atoms with van der Waals surface area (Å²) >= 11 is 0. The number of carbonyl (C=O) groups excluding carboxylic acids is 1. The largest absolute Gasteiger partial charge is 0.459 e. The maximum absolute atomic E-state index is 11.8. The van der Waals surface area contributed by atoms with Gasteiger partial charge in [-0.1, -0.05) is 20.8 Å².